The van der Waals surface area contributed by atoms with E-state index in [2.05, 4.69) is 10.1 Å². The lowest BCUT2D eigenvalue weighted by Crippen LogP contribution is -2.29. The number of fused-ring (bicyclic) bond motifs is 1. The molecule has 136 valence electrons. The third-order valence-corrected chi connectivity index (χ3v) is 4.62. The highest BCUT2D eigenvalue weighted by atomic mass is 19.1. The maximum Gasteiger partial charge on any atom is 0.252 e. The average molecular weight is 372 g/mol. The minimum atomic E-state index is -0.399. The summed E-state index contributed by atoms with van der Waals surface area (Å²) in [6.07, 6.45) is 1.35. The molecule has 0 unspecified atom stereocenters. The highest BCUT2D eigenvalue weighted by molar-refractivity contribution is 5.77. The first-order valence-electron chi connectivity index (χ1n) is 8.46. The topological polar surface area (TPSA) is 98.6 Å². The standard InChI is InChI=1S/C20H13FN6O/c21-18-4-1-13(7-22)5-17(18)14-2-3-15-9-26(10-16(15)6-14)20(28)11-27-12-24-19(8-23)25-27/h1-6,12H,9-11H2. The van der Waals surface area contributed by atoms with E-state index in [1.165, 1.54) is 29.2 Å². The Hall–Kier alpha value is -4.04. The third-order valence-electron chi connectivity index (χ3n) is 4.62. The van der Waals surface area contributed by atoms with E-state index in [1.54, 1.807) is 11.0 Å². The molecule has 0 saturated heterocycles. The fraction of sp³-hybridized carbons (Fsp3) is 0.150. The first-order chi connectivity index (χ1) is 13.6. The number of carbonyl (C=O) groups is 1. The van der Waals surface area contributed by atoms with Crippen LogP contribution in [0, 0.1) is 28.5 Å². The van der Waals surface area contributed by atoms with Crippen molar-refractivity contribution in [2.45, 2.75) is 19.6 Å². The zero-order valence-corrected chi connectivity index (χ0v) is 14.6. The highest BCUT2D eigenvalue weighted by Crippen LogP contribution is 2.30. The van der Waals surface area contributed by atoms with Gasteiger partial charge in [0.25, 0.3) is 5.82 Å². The van der Waals surface area contributed by atoms with Crippen LogP contribution in [0.25, 0.3) is 11.1 Å². The van der Waals surface area contributed by atoms with Gasteiger partial charge in [0.15, 0.2) is 0 Å². The van der Waals surface area contributed by atoms with E-state index in [-0.39, 0.29) is 18.3 Å². The number of aromatic nitrogens is 3. The van der Waals surface area contributed by atoms with Crippen molar-refractivity contribution in [3.63, 3.8) is 0 Å². The minimum Gasteiger partial charge on any atom is -0.332 e. The number of nitrogens with zero attached hydrogens (tertiary/aromatic N) is 6. The number of amides is 1. The number of halogens is 1. The van der Waals surface area contributed by atoms with E-state index in [0.29, 0.717) is 29.8 Å². The molecular formula is C20H13FN6O. The molecule has 1 amide bonds. The smallest absolute Gasteiger partial charge is 0.252 e. The number of nitriles is 2. The lowest BCUT2D eigenvalue weighted by Gasteiger charge is -2.14. The molecule has 0 aliphatic carbocycles. The van der Waals surface area contributed by atoms with Crippen LogP contribution in [0.15, 0.2) is 42.7 Å². The summed E-state index contributed by atoms with van der Waals surface area (Å²) in [5.74, 6) is -0.530. The Balaban J connectivity index is 1.54. The van der Waals surface area contributed by atoms with Crippen LogP contribution in [0.2, 0.25) is 0 Å². The van der Waals surface area contributed by atoms with Crippen LogP contribution in [0.3, 0.4) is 0 Å². The monoisotopic (exact) mass is 372 g/mol. The maximum atomic E-state index is 14.2. The van der Waals surface area contributed by atoms with Gasteiger partial charge in [-0.05, 0) is 41.0 Å². The third kappa shape index (κ3) is 3.19. The second-order valence-electron chi connectivity index (χ2n) is 6.42. The lowest BCUT2D eigenvalue weighted by molar-refractivity contribution is -0.132. The summed E-state index contributed by atoms with van der Waals surface area (Å²) in [7, 11) is 0. The molecule has 3 aromatic rings. The lowest BCUT2D eigenvalue weighted by atomic mass is 9.99. The zero-order valence-electron chi connectivity index (χ0n) is 14.6. The second-order valence-corrected chi connectivity index (χ2v) is 6.42. The predicted molar refractivity (Wildman–Crippen MR) is 95.5 cm³/mol. The van der Waals surface area contributed by atoms with Crippen molar-refractivity contribution >= 4 is 5.91 Å². The molecule has 4 rings (SSSR count). The van der Waals surface area contributed by atoms with E-state index in [0.717, 1.165) is 11.1 Å². The van der Waals surface area contributed by atoms with Crippen LogP contribution in [0.5, 0.6) is 0 Å². The van der Waals surface area contributed by atoms with Crippen LogP contribution in [0.4, 0.5) is 4.39 Å². The van der Waals surface area contributed by atoms with Crippen molar-refractivity contribution in [1.82, 2.24) is 19.7 Å². The van der Waals surface area contributed by atoms with Crippen molar-refractivity contribution in [1.29, 1.82) is 10.5 Å². The summed E-state index contributed by atoms with van der Waals surface area (Å²) in [6.45, 7) is 0.852. The van der Waals surface area contributed by atoms with Crippen LogP contribution in [0.1, 0.15) is 22.5 Å². The van der Waals surface area contributed by atoms with Crippen molar-refractivity contribution in [2.75, 3.05) is 0 Å². The van der Waals surface area contributed by atoms with Gasteiger partial charge >= 0.3 is 0 Å². The van der Waals surface area contributed by atoms with E-state index >= 15 is 0 Å². The van der Waals surface area contributed by atoms with E-state index < -0.39 is 5.82 Å². The zero-order chi connectivity index (χ0) is 19.7. The molecule has 28 heavy (non-hydrogen) atoms. The Labute approximate surface area is 159 Å². The molecular weight excluding hydrogens is 359 g/mol. The number of carbonyl (C=O) groups excluding carboxylic acids is 1. The molecule has 0 fully saturated rings. The first-order valence-corrected chi connectivity index (χ1v) is 8.46. The van der Waals surface area contributed by atoms with Gasteiger partial charge in [0.1, 0.15) is 24.8 Å². The van der Waals surface area contributed by atoms with Crippen LogP contribution in [-0.2, 0) is 24.4 Å². The van der Waals surface area contributed by atoms with Gasteiger partial charge < -0.3 is 4.90 Å². The molecule has 0 atom stereocenters. The Kier molecular flexibility index (Phi) is 4.30. The van der Waals surface area contributed by atoms with Crippen molar-refractivity contribution < 1.29 is 9.18 Å². The number of hydrogen-bond donors (Lipinski definition) is 0. The normalized spacial score (nSPS) is 12.3. The maximum absolute atomic E-state index is 14.2. The molecule has 1 aliphatic rings. The molecule has 0 saturated carbocycles. The molecule has 2 heterocycles. The minimum absolute atomic E-state index is 0.00559. The number of hydrogen-bond acceptors (Lipinski definition) is 5. The Morgan fingerprint density at radius 1 is 1.11 bits per heavy atom. The van der Waals surface area contributed by atoms with Crippen molar-refractivity contribution in [3.8, 4) is 23.3 Å². The largest absolute Gasteiger partial charge is 0.332 e. The summed E-state index contributed by atoms with van der Waals surface area (Å²) < 4.78 is 15.5. The Morgan fingerprint density at radius 3 is 2.68 bits per heavy atom. The molecule has 0 bridgehead atoms. The molecule has 0 N–H and O–H groups in total. The van der Waals surface area contributed by atoms with Gasteiger partial charge in [0.05, 0.1) is 11.6 Å². The van der Waals surface area contributed by atoms with Gasteiger partial charge in [0, 0.05) is 18.7 Å². The van der Waals surface area contributed by atoms with Crippen LogP contribution >= 0.6 is 0 Å². The summed E-state index contributed by atoms with van der Waals surface area (Å²) in [5, 5.41) is 21.7. The second kappa shape index (κ2) is 6.93. The van der Waals surface area contributed by atoms with Crippen LogP contribution < -0.4 is 0 Å². The van der Waals surface area contributed by atoms with Gasteiger partial charge in [-0.2, -0.15) is 10.5 Å². The molecule has 1 aromatic heterocycles. The van der Waals surface area contributed by atoms with Gasteiger partial charge in [-0.25, -0.2) is 14.1 Å². The molecule has 0 radical (unpaired) electrons. The summed E-state index contributed by atoms with van der Waals surface area (Å²) >= 11 is 0. The summed E-state index contributed by atoms with van der Waals surface area (Å²) in [5.41, 5.74) is 3.34. The quantitative estimate of drug-likeness (QED) is 0.703. The van der Waals surface area contributed by atoms with E-state index in [4.69, 9.17) is 10.5 Å². The molecule has 1 aliphatic heterocycles. The van der Waals surface area contributed by atoms with Gasteiger partial charge in [-0.3, -0.25) is 4.79 Å². The SMILES string of the molecule is N#Cc1ccc(F)c(-c2ccc3c(c2)CN(C(=O)Cn2cnc(C#N)n2)C3)c1. The first kappa shape index (κ1) is 17.4. The highest BCUT2D eigenvalue weighted by Gasteiger charge is 2.24. The van der Waals surface area contributed by atoms with Gasteiger partial charge in [0.2, 0.25) is 5.91 Å². The summed E-state index contributed by atoms with van der Waals surface area (Å²) in [4.78, 5) is 18.0. The number of benzene rings is 2. The van der Waals surface area contributed by atoms with Gasteiger partial charge in [-0.1, -0.05) is 12.1 Å². The molecule has 7 nitrogen and oxygen atoms in total. The molecule has 0 spiro atoms. The van der Waals surface area contributed by atoms with Crippen molar-refractivity contribution in [3.05, 3.63) is 71.1 Å². The van der Waals surface area contributed by atoms with E-state index in [9.17, 15) is 9.18 Å². The molecule has 8 heteroatoms. The Morgan fingerprint density at radius 2 is 1.93 bits per heavy atom. The van der Waals surface area contributed by atoms with Gasteiger partial charge in [-0.15, -0.1) is 5.10 Å². The predicted octanol–water partition coefficient (Wildman–Crippen LogP) is 2.37. The fourth-order valence-electron chi connectivity index (χ4n) is 3.22. The fourth-order valence-corrected chi connectivity index (χ4v) is 3.22. The molecule has 2 aromatic carbocycles. The number of rotatable bonds is 3. The Bertz CT molecular complexity index is 1170. The van der Waals surface area contributed by atoms with Crippen LogP contribution in [-0.4, -0.2) is 25.6 Å². The van der Waals surface area contributed by atoms with E-state index in [1.807, 2.05) is 24.3 Å². The average Bonchev–Trinajstić information content (AvgIpc) is 3.34. The summed E-state index contributed by atoms with van der Waals surface area (Å²) in [6, 6.07) is 13.6. The van der Waals surface area contributed by atoms with Crippen molar-refractivity contribution in [2.24, 2.45) is 0 Å².